The molecule has 0 fully saturated rings. The Kier molecular flexibility index (Phi) is 1.76. The maximum atomic E-state index is 11.1. The van der Waals surface area contributed by atoms with E-state index in [1.165, 1.54) is 6.07 Å². The summed E-state index contributed by atoms with van der Waals surface area (Å²) in [6.07, 6.45) is 0. The molecule has 8 heteroatoms. The van der Waals surface area contributed by atoms with Crippen LogP contribution >= 0.6 is 11.6 Å². The molecular weight excluding hydrogens is 250 g/mol. The first-order valence-electron chi connectivity index (χ1n) is 3.36. The Bertz CT molecular complexity index is 632. The van der Waals surface area contributed by atoms with Gasteiger partial charge in [0.15, 0.2) is 0 Å². The molecule has 0 radical (unpaired) electrons. The van der Waals surface area contributed by atoms with Crippen LogP contribution in [0.2, 0.25) is 5.02 Å². The molecule has 1 heterocycles. The van der Waals surface area contributed by atoms with E-state index in [9.17, 15) is 16.8 Å². The van der Waals surface area contributed by atoms with Crippen LogP contribution in [0.25, 0.3) is 0 Å². The molecule has 5 nitrogen and oxygen atoms in total. The monoisotopic (exact) mass is 253 g/mol. The molecule has 0 aromatic heterocycles. The fourth-order valence-electron chi connectivity index (χ4n) is 1.16. The van der Waals surface area contributed by atoms with Gasteiger partial charge in [-0.05, 0) is 12.1 Å². The van der Waals surface area contributed by atoms with Crippen molar-refractivity contribution < 1.29 is 16.8 Å². The molecule has 1 aromatic carbocycles. The number of hydrogen-bond acceptors (Lipinski definition) is 4. The molecule has 14 heavy (non-hydrogen) atoms. The highest BCUT2D eigenvalue weighted by Crippen LogP contribution is 2.47. The maximum absolute atomic E-state index is 11.1. The van der Waals surface area contributed by atoms with E-state index in [0.29, 0.717) is 0 Å². The van der Waals surface area contributed by atoms with Gasteiger partial charge in [-0.1, -0.05) is 11.6 Å². The molecule has 0 saturated heterocycles. The van der Waals surface area contributed by atoms with Crippen molar-refractivity contribution >= 4 is 31.5 Å². The van der Waals surface area contributed by atoms with Gasteiger partial charge in [-0.2, -0.15) is 0 Å². The number of sulfonamides is 1. The summed E-state index contributed by atoms with van der Waals surface area (Å²) in [7, 11) is -7.41. The lowest BCUT2D eigenvalue weighted by Crippen LogP contribution is -2.12. The third-order valence-corrected chi connectivity index (χ3v) is 5.10. The average molecular weight is 254 g/mol. The Labute approximate surface area is 85.5 Å². The van der Waals surface area contributed by atoms with E-state index in [2.05, 4.69) is 0 Å². The highest BCUT2D eigenvalue weighted by molar-refractivity contribution is 7.97. The molecule has 0 bridgehead atoms. The standard InChI is InChI=1S/C6H4ClNO4S2/c7-5-3(14(8,11)12)1-2-4-6(5)13(4,9)10/h1-2H,(H2,8,11,12). The topological polar surface area (TPSA) is 94.3 Å². The van der Waals surface area contributed by atoms with Crippen LogP contribution in [0.3, 0.4) is 0 Å². The fourth-order valence-corrected chi connectivity index (χ4v) is 4.06. The van der Waals surface area contributed by atoms with E-state index in [1.807, 2.05) is 0 Å². The minimum Gasteiger partial charge on any atom is -0.225 e. The van der Waals surface area contributed by atoms with Gasteiger partial charge in [0.25, 0.3) is 0 Å². The number of fused-ring (bicyclic) bond motifs is 1. The number of benzene rings is 1. The van der Waals surface area contributed by atoms with Crippen LogP contribution in [0.15, 0.2) is 26.8 Å². The molecule has 2 rings (SSSR count). The number of nitrogens with two attached hydrogens (primary N) is 1. The summed E-state index contributed by atoms with van der Waals surface area (Å²) < 4.78 is 44.1. The molecule has 1 aliphatic heterocycles. The minimum atomic E-state index is -3.97. The van der Waals surface area contributed by atoms with Crippen LogP contribution in [0, 0.1) is 0 Å². The van der Waals surface area contributed by atoms with Crippen LogP contribution in [-0.2, 0) is 19.9 Å². The highest BCUT2D eigenvalue weighted by Gasteiger charge is 2.43. The van der Waals surface area contributed by atoms with Crippen LogP contribution in [-0.4, -0.2) is 16.8 Å². The first-order chi connectivity index (χ1) is 6.26. The van der Waals surface area contributed by atoms with Gasteiger partial charge in [0.05, 0.1) is 9.92 Å². The quantitative estimate of drug-likeness (QED) is 0.731. The van der Waals surface area contributed by atoms with Gasteiger partial charge in [0, 0.05) is 0 Å². The van der Waals surface area contributed by atoms with Crippen LogP contribution in [0.4, 0.5) is 0 Å². The molecule has 2 N–H and O–H groups in total. The SMILES string of the molecule is NS(=O)(=O)c1ccc2c(c1Cl)S2(=O)=O. The summed E-state index contributed by atoms with van der Waals surface area (Å²) in [5.41, 5.74) is 0. The molecule has 1 aromatic rings. The Balaban J connectivity index is 2.81. The second kappa shape index (κ2) is 2.48. The zero-order valence-electron chi connectivity index (χ0n) is 6.56. The van der Waals surface area contributed by atoms with Gasteiger partial charge in [-0.15, -0.1) is 0 Å². The Morgan fingerprint density at radius 2 is 1.86 bits per heavy atom. The summed E-state index contributed by atoms with van der Waals surface area (Å²) in [5, 5.41) is 4.52. The number of primary sulfonamides is 1. The van der Waals surface area contributed by atoms with E-state index in [4.69, 9.17) is 16.7 Å². The first-order valence-corrected chi connectivity index (χ1v) is 6.77. The lowest BCUT2D eigenvalue weighted by Gasteiger charge is -1.96. The van der Waals surface area contributed by atoms with Crippen molar-refractivity contribution in [2.45, 2.75) is 14.7 Å². The molecule has 0 amide bonds. The summed E-state index contributed by atoms with van der Waals surface area (Å²) >= 11 is 5.58. The minimum absolute atomic E-state index is 0.0647. The normalized spacial score (nSPS) is 17.6. The molecule has 76 valence electrons. The number of rotatable bonds is 1. The van der Waals surface area contributed by atoms with E-state index in [1.54, 1.807) is 0 Å². The number of halogens is 1. The van der Waals surface area contributed by atoms with Crippen molar-refractivity contribution in [2.24, 2.45) is 5.14 Å². The zero-order valence-corrected chi connectivity index (χ0v) is 8.95. The van der Waals surface area contributed by atoms with Crippen molar-refractivity contribution in [2.75, 3.05) is 0 Å². The van der Waals surface area contributed by atoms with Crippen LogP contribution in [0.5, 0.6) is 0 Å². The Morgan fingerprint density at radius 3 is 2.36 bits per heavy atom. The van der Waals surface area contributed by atoms with E-state index in [-0.39, 0.29) is 19.7 Å². The Morgan fingerprint density at radius 1 is 1.29 bits per heavy atom. The third kappa shape index (κ3) is 1.17. The van der Waals surface area contributed by atoms with Gasteiger partial charge < -0.3 is 0 Å². The number of hydrogen-bond donors (Lipinski definition) is 1. The van der Waals surface area contributed by atoms with Crippen LogP contribution < -0.4 is 5.14 Å². The molecule has 0 aliphatic carbocycles. The zero-order chi connectivity index (χ0) is 10.7. The smallest absolute Gasteiger partial charge is 0.225 e. The van der Waals surface area contributed by atoms with Gasteiger partial charge >= 0.3 is 0 Å². The predicted molar refractivity (Wildman–Crippen MR) is 48.3 cm³/mol. The fraction of sp³-hybridized carbons (Fsp3) is 0. The molecule has 0 spiro atoms. The molecule has 0 atom stereocenters. The largest absolute Gasteiger partial charge is 0.239 e. The van der Waals surface area contributed by atoms with Crippen LogP contribution in [0.1, 0.15) is 0 Å². The van der Waals surface area contributed by atoms with Crippen molar-refractivity contribution in [3.63, 3.8) is 0 Å². The lowest BCUT2D eigenvalue weighted by atomic mass is 10.4. The predicted octanol–water partition coefficient (Wildman–Crippen LogP) is 0.134. The van der Waals surface area contributed by atoms with Gasteiger partial charge in [-0.3, -0.25) is 0 Å². The van der Waals surface area contributed by atoms with Crippen molar-refractivity contribution in [3.8, 4) is 0 Å². The van der Waals surface area contributed by atoms with Gasteiger partial charge in [0.1, 0.15) is 9.79 Å². The average Bonchev–Trinajstić information content (AvgIpc) is 2.53. The van der Waals surface area contributed by atoms with E-state index >= 15 is 0 Å². The molecule has 0 unspecified atom stereocenters. The van der Waals surface area contributed by atoms with Gasteiger partial charge in [0.2, 0.25) is 19.9 Å². The summed E-state index contributed by atoms with van der Waals surface area (Å²) in [6, 6.07) is 2.26. The second-order valence-corrected chi connectivity index (χ2v) is 6.52. The number of sulfone groups is 1. The summed E-state index contributed by atoms with van der Waals surface area (Å²) in [4.78, 5) is -0.431. The summed E-state index contributed by atoms with van der Waals surface area (Å²) in [5.74, 6) is 0. The van der Waals surface area contributed by atoms with Crippen molar-refractivity contribution in [1.29, 1.82) is 0 Å². The second-order valence-electron chi connectivity index (χ2n) is 2.75. The molecule has 0 saturated carbocycles. The first kappa shape index (κ1) is 9.91. The lowest BCUT2D eigenvalue weighted by molar-refractivity contribution is 0.597. The van der Waals surface area contributed by atoms with Crippen molar-refractivity contribution in [3.05, 3.63) is 17.2 Å². The van der Waals surface area contributed by atoms with Gasteiger partial charge in [-0.25, -0.2) is 22.0 Å². The molecule has 1 aliphatic rings. The van der Waals surface area contributed by atoms with E-state index < -0.39 is 19.9 Å². The van der Waals surface area contributed by atoms with Crippen molar-refractivity contribution in [1.82, 2.24) is 0 Å². The summed E-state index contributed by atoms with van der Waals surface area (Å²) in [6.45, 7) is 0. The third-order valence-electron chi connectivity index (χ3n) is 1.85. The molecular formula is C6H4ClNO4S2. The Hall–Kier alpha value is -0.630. The maximum Gasteiger partial charge on any atom is 0.239 e. The van der Waals surface area contributed by atoms with E-state index in [0.717, 1.165) is 6.07 Å². The highest BCUT2D eigenvalue weighted by atomic mass is 35.5.